The minimum Gasteiger partial charge on any atom is -0.109 e. The summed E-state index contributed by atoms with van der Waals surface area (Å²) in [5, 5.41) is 0. The van der Waals surface area contributed by atoms with Crippen molar-refractivity contribution < 1.29 is 0 Å². The average molecular weight is 165 g/mol. The van der Waals surface area contributed by atoms with E-state index in [2.05, 4.69) is 33.3 Å². The van der Waals surface area contributed by atoms with Gasteiger partial charge in [0.2, 0.25) is 0 Å². The summed E-state index contributed by atoms with van der Waals surface area (Å²) in [5.41, 5.74) is 0. The molecule has 0 spiro atoms. The molecule has 0 saturated carbocycles. The smallest absolute Gasteiger partial charge is 0.0625 e. The van der Waals surface area contributed by atoms with Gasteiger partial charge in [0.05, 0.1) is 6.16 Å². The molecule has 0 radical (unpaired) electrons. The first-order chi connectivity index (χ1) is 3.92. The lowest BCUT2D eigenvalue weighted by Crippen LogP contribution is -1.96. The molecule has 0 fully saturated rings. The molecule has 0 aliphatic carbocycles. The van der Waals surface area contributed by atoms with Crippen LogP contribution in [0.15, 0.2) is 0 Å². The molecule has 0 saturated heterocycles. The summed E-state index contributed by atoms with van der Waals surface area (Å²) in [6, 6.07) is 0. The quantitative estimate of drug-likeness (QED) is 0.564. The first kappa shape index (κ1) is 9.86. The van der Waals surface area contributed by atoms with Crippen LogP contribution in [0.3, 0.4) is 0 Å². The molecule has 0 aromatic carbocycles. The lowest BCUT2D eigenvalue weighted by Gasteiger charge is -2.12. The van der Waals surface area contributed by atoms with Gasteiger partial charge in [-0.05, 0) is 13.3 Å². The largest absolute Gasteiger partial charge is 0.109 e. The molecule has 0 atom stereocenters. The van der Waals surface area contributed by atoms with Crippen molar-refractivity contribution in [2.24, 2.45) is 0 Å². The number of rotatable bonds is 3. The molecule has 0 rings (SSSR count). The van der Waals surface area contributed by atoms with Gasteiger partial charge in [-0.2, -0.15) is 0 Å². The van der Waals surface area contributed by atoms with Crippen LogP contribution in [0, 0.1) is 0 Å². The van der Waals surface area contributed by atoms with Gasteiger partial charge in [0, 0.05) is 33.4 Å². The van der Waals surface area contributed by atoms with Crippen molar-refractivity contribution in [1.82, 2.24) is 0 Å². The van der Waals surface area contributed by atoms with Crippen molar-refractivity contribution in [3.63, 3.8) is 0 Å². The molecule has 56 valence electrons. The van der Waals surface area contributed by atoms with Gasteiger partial charge < -0.3 is 0 Å². The van der Waals surface area contributed by atoms with Crippen LogP contribution in [0.25, 0.3) is 0 Å². The molecule has 0 aromatic rings. The average Bonchev–Trinajstić information content (AvgIpc) is 1.59. The van der Waals surface area contributed by atoms with Crippen molar-refractivity contribution in [3.8, 4) is 0 Å². The van der Waals surface area contributed by atoms with Crippen LogP contribution in [0.5, 0.6) is 0 Å². The summed E-state index contributed by atoms with van der Waals surface area (Å²) >= 11 is 0. The second kappa shape index (κ2) is 3.89. The Balaban J connectivity index is 3.28. The fourth-order valence-electron chi connectivity index (χ4n) is 0.500. The highest BCUT2D eigenvalue weighted by Gasteiger charge is 2.16. The maximum Gasteiger partial charge on any atom is 0.0625 e. The van der Waals surface area contributed by atoms with Crippen LogP contribution in [-0.4, -0.2) is 45.6 Å². The van der Waals surface area contributed by atoms with Crippen molar-refractivity contribution in [1.29, 1.82) is 0 Å². The summed E-state index contributed by atoms with van der Waals surface area (Å²) in [7, 11) is -0.0904. The fourth-order valence-corrected chi connectivity index (χ4v) is 4.50. The number of hydrogen-bond acceptors (Lipinski definition) is 0. The van der Waals surface area contributed by atoms with Gasteiger partial charge in [-0.3, -0.25) is 0 Å². The molecule has 0 unspecified atom stereocenters. The highest BCUT2D eigenvalue weighted by atomic mass is 31.2. The van der Waals surface area contributed by atoms with E-state index >= 15 is 0 Å². The second-order valence-electron chi connectivity index (χ2n) is 3.82. The first-order valence-corrected chi connectivity index (χ1v) is 9.11. The lowest BCUT2D eigenvalue weighted by molar-refractivity contribution is 1.47. The molecule has 0 aliphatic rings. The Morgan fingerprint density at radius 1 is 1.11 bits per heavy atom. The van der Waals surface area contributed by atoms with Gasteiger partial charge in [0.25, 0.3) is 0 Å². The van der Waals surface area contributed by atoms with Crippen molar-refractivity contribution in [3.05, 3.63) is 0 Å². The second-order valence-corrected chi connectivity index (χ2v) is 11.5. The Labute approximate surface area is 61.5 Å². The molecule has 0 bridgehead atoms. The van der Waals surface area contributed by atoms with Crippen LogP contribution in [0.2, 0.25) is 0 Å². The molecule has 0 amide bonds. The van der Waals surface area contributed by atoms with Crippen LogP contribution in [0.1, 0.15) is 0 Å². The maximum atomic E-state index is 2.42. The van der Waals surface area contributed by atoms with E-state index in [0.29, 0.717) is 7.92 Å². The van der Waals surface area contributed by atoms with Gasteiger partial charge >= 0.3 is 0 Å². The van der Waals surface area contributed by atoms with Crippen molar-refractivity contribution >= 4 is 15.2 Å². The molecule has 9 heavy (non-hydrogen) atoms. The van der Waals surface area contributed by atoms with E-state index in [9.17, 15) is 0 Å². The minimum atomic E-state index is -0.453. The topological polar surface area (TPSA) is 0 Å². The molecule has 0 heterocycles. The minimum absolute atomic E-state index is 0.363. The predicted molar refractivity (Wildman–Crippen MR) is 53.2 cm³/mol. The molecular formula is C7H19P2+. The molecule has 0 N–H and O–H groups in total. The van der Waals surface area contributed by atoms with Crippen molar-refractivity contribution in [2.75, 3.05) is 45.6 Å². The first-order valence-electron chi connectivity index (χ1n) is 3.37. The number of hydrogen-bond donors (Lipinski definition) is 0. The van der Waals surface area contributed by atoms with E-state index in [1.165, 1.54) is 12.3 Å². The summed E-state index contributed by atoms with van der Waals surface area (Å²) < 4.78 is 0. The molecular weight excluding hydrogens is 146 g/mol. The van der Waals surface area contributed by atoms with E-state index in [4.69, 9.17) is 0 Å². The zero-order valence-electron chi connectivity index (χ0n) is 7.31. The summed E-state index contributed by atoms with van der Waals surface area (Å²) in [5.74, 6) is 0. The third-order valence-electron chi connectivity index (χ3n) is 1.22. The molecule has 2 heteroatoms. The summed E-state index contributed by atoms with van der Waals surface area (Å²) in [6.07, 6.45) is 2.97. The SMILES string of the molecule is CP(C)CC[P+](C)(C)C. The van der Waals surface area contributed by atoms with Gasteiger partial charge in [-0.1, -0.05) is 0 Å². The van der Waals surface area contributed by atoms with E-state index < -0.39 is 7.26 Å². The predicted octanol–water partition coefficient (Wildman–Crippen LogP) is 2.63. The Kier molecular flexibility index (Phi) is 4.26. The van der Waals surface area contributed by atoms with E-state index in [1.54, 1.807) is 0 Å². The third kappa shape index (κ3) is 8.86. The standard InChI is InChI=1S/C7H19P2/c1-8(2)6-7-9(3,4)5/h6-7H2,1-5H3/q+1. The Bertz CT molecular complexity index is 71.5. The summed E-state index contributed by atoms with van der Waals surface area (Å²) in [4.78, 5) is 0. The van der Waals surface area contributed by atoms with Gasteiger partial charge in [-0.15, -0.1) is 7.92 Å². The highest BCUT2D eigenvalue weighted by molar-refractivity contribution is 7.74. The Morgan fingerprint density at radius 3 is 1.67 bits per heavy atom. The molecule has 0 aliphatic heterocycles. The van der Waals surface area contributed by atoms with Gasteiger partial charge in [0.1, 0.15) is 0 Å². The Morgan fingerprint density at radius 2 is 1.56 bits per heavy atom. The van der Waals surface area contributed by atoms with Crippen LogP contribution in [-0.2, 0) is 0 Å². The van der Waals surface area contributed by atoms with Crippen LogP contribution >= 0.6 is 15.2 Å². The van der Waals surface area contributed by atoms with Crippen molar-refractivity contribution in [2.45, 2.75) is 0 Å². The molecule has 0 nitrogen and oxygen atoms in total. The third-order valence-corrected chi connectivity index (χ3v) is 4.25. The van der Waals surface area contributed by atoms with E-state index in [-0.39, 0.29) is 0 Å². The monoisotopic (exact) mass is 165 g/mol. The van der Waals surface area contributed by atoms with Gasteiger partial charge in [-0.25, -0.2) is 0 Å². The van der Waals surface area contributed by atoms with Crippen LogP contribution in [0.4, 0.5) is 0 Å². The van der Waals surface area contributed by atoms with E-state index in [0.717, 1.165) is 0 Å². The highest BCUT2D eigenvalue weighted by Crippen LogP contribution is 2.48. The fraction of sp³-hybridized carbons (Fsp3) is 1.00. The zero-order valence-corrected chi connectivity index (χ0v) is 9.10. The van der Waals surface area contributed by atoms with Gasteiger partial charge in [0.15, 0.2) is 0 Å². The maximum absolute atomic E-state index is 2.42. The molecule has 0 aromatic heterocycles. The Hall–Kier alpha value is 0.860. The summed E-state index contributed by atoms with van der Waals surface area (Å²) in [6.45, 7) is 12.0. The normalized spacial score (nSPS) is 12.7. The van der Waals surface area contributed by atoms with E-state index in [1.807, 2.05) is 0 Å². The zero-order chi connectivity index (χ0) is 7.49. The lowest BCUT2D eigenvalue weighted by atomic mass is 11.0. The van der Waals surface area contributed by atoms with Crippen LogP contribution < -0.4 is 0 Å².